The van der Waals surface area contributed by atoms with Crippen LogP contribution in [-0.4, -0.2) is 19.6 Å². The lowest BCUT2D eigenvalue weighted by molar-refractivity contribution is 0.339. The van der Waals surface area contributed by atoms with Gasteiger partial charge in [-0.15, -0.1) is 0 Å². The number of hydrogen-bond donors (Lipinski definition) is 1. The average Bonchev–Trinajstić information content (AvgIpc) is 2.17. The van der Waals surface area contributed by atoms with E-state index in [0.29, 0.717) is 12.4 Å². The molecule has 1 N–H and O–H groups in total. The molecule has 1 aromatic carbocycles. The summed E-state index contributed by atoms with van der Waals surface area (Å²) in [6.07, 6.45) is 0. The zero-order valence-corrected chi connectivity index (χ0v) is 8.78. The Kier molecular flexibility index (Phi) is 3.29. The Hall–Kier alpha value is -1.58. The normalized spacial score (nSPS) is 10.7. The molecule has 0 saturated carbocycles. The van der Waals surface area contributed by atoms with Crippen LogP contribution < -0.4 is 4.74 Å². The van der Waals surface area contributed by atoms with Crippen LogP contribution in [0.15, 0.2) is 23.1 Å². The van der Waals surface area contributed by atoms with Crippen LogP contribution in [0, 0.1) is 11.3 Å². The summed E-state index contributed by atoms with van der Waals surface area (Å²) in [6.45, 7) is 2.12. The van der Waals surface area contributed by atoms with Crippen molar-refractivity contribution in [3.8, 4) is 11.8 Å². The zero-order valence-electron chi connectivity index (χ0n) is 7.97. The van der Waals surface area contributed by atoms with Gasteiger partial charge in [-0.1, -0.05) is 0 Å². The number of benzene rings is 1. The molecule has 0 unspecified atom stereocenters. The topological polar surface area (TPSA) is 87.4 Å². The van der Waals surface area contributed by atoms with Crippen molar-refractivity contribution in [3.63, 3.8) is 0 Å². The number of nitriles is 1. The Balaban J connectivity index is 3.27. The second-order valence-corrected chi connectivity index (χ2v) is 4.10. The molecule has 5 nitrogen and oxygen atoms in total. The van der Waals surface area contributed by atoms with Crippen molar-refractivity contribution >= 4 is 10.1 Å². The summed E-state index contributed by atoms with van der Waals surface area (Å²) in [7, 11) is -4.27. The van der Waals surface area contributed by atoms with E-state index >= 15 is 0 Å². The minimum Gasteiger partial charge on any atom is -0.492 e. The van der Waals surface area contributed by atoms with Crippen LogP contribution in [0.5, 0.6) is 5.75 Å². The molecule has 0 radical (unpaired) electrons. The van der Waals surface area contributed by atoms with Crippen molar-refractivity contribution in [2.45, 2.75) is 11.8 Å². The third-order valence-electron chi connectivity index (χ3n) is 1.67. The maximum atomic E-state index is 10.8. The van der Waals surface area contributed by atoms with Crippen LogP contribution in [0.4, 0.5) is 0 Å². The van der Waals surface area contributed by atoms with Crippen LogP contribution in [0.1, 0.15) is 12.5 Å². The molecule has 0 spiro atoms. The molecular weight excluding hydrogens is 218 g/mol. The lowest BCUT2D eigenvalue weighted by Crippen LogP contribution is -2.00. The first-order valence-corrected chi connectivity index (χ1v) is 5.57. The smallest absolute Gasteiger partial charge is 0.294 e. The van der Waals surface area contributed by atoms with Gasteiger partial charge in [-0.3, -0.25) is 4.55 Å². The van der Waals surface area contributed by atoms with Crippen LogP contribution >= 0.6 is 0 Å². The molecule has 15 heavy (non-hydrogen) atoms. The summed E-state index contributed by atoms with van der Waals surface area (Å²) in [6, 6.07) is 5.38. The Bertz CT molecular complexity index is 501. The quantitative estimate of drug-likeness (QED) is 0.784. The van der Waals surface area contributed by atoms with Gasteiger partial charge in [0.1, 0.15) is 11.8 Å². The predicted octanol–water partition coefficient (Wildman–Crippen LogP) is 1.20. The molecule has 80 valence electrons. The maximum Gasteiger partial charge on any atom is 0.294 e. The predicted molar refractivity (Wildman–Crippen MR) is 52.1 cm³/mol. The van der Waals surface area contributed by atoms with Crippen LogP contribution in [0.3, 0.4) is 0 Å². The largest absolute Gasteiger partial charge is 0.492 e. The van der Waals surface area contributed by atoms with Gasteiger partial charge in [-0.2, -0.15) is 13.7 Å². The molecule has 0 aliphatic carbocycles. The van der Waals surface area contributed by atoms with E-state index in [1.807, 2.05) is 0 Å². The van der Waals surface area contributed by atoms with Gasteiger partial charge in [0.05, 0.1) is 17.1 Å². The van der Waals surface area contributed by atoms with Crippen molar-refractivity contribution < 1.29 is 17.7 Å². The highest BCUT2D eigenvalue weighted by Crippen LogP contribution is 2.21. The first kappa shape index (κ1) is 11.5. The Morgan fingerprint density at radius 3 is 2.67 bits per heavy atom. The van der Waals surface area contributed by atoms with E-state index in [1.54, 1.807) is 13.0 Å². The van der Waals surface area contributed by atoms with E-state index in [1.165, 1.54) is 12.1 Å². The highest BCUT2D eigenvalue weighted by atomic mass is 32.2. The van der Waals surface area contributed by atoms with Crippen molar-refractivity contribution in [3.05, 3.63) is 23.8 Å². The fourth-order valence-electron chi connectivity index (χ4n) is 1.04. The minimum absolute atomic E-state index is 0.0759. The summed E-state index contributed by atoms with van der Waals surface area (Å²) in [5.41, 5.74) is 0.0759. The molecule has 0 aliphatic heterocycles. The Morgan fingerprint density at radius 2 is 2.20 bits per heavy atom. The van der Waals surface area contributed by atoms with Gasteiger partial charge >= 0.3 is 0 Å². The molecule has 1 aromatic rings. The SMILES string of the molecule is CCOc1ccc(S(=O)(=O)O)cc1C#N. The molecule has 0 aliphatic rings. The molecule has 0 fully saturated rings. The summed E-state index contributed by atoms with van der Waals surface area (Å²) in [5, 5.41) is 8.73. The van der Waals surface area contributed by atoms with Gasteiger partial charge in [0.25, 0.3) is 10.1 Å². The first-order chi connectivity index (χ1) is 6.99. The molecule has 0 atom stereocenters. The third kappa shape index (κ3) is 2.68. The maximum absolute atomic E-state index is 10.8. The lowest BCUT2D eigenvalue weighted by Gasteiger charge is -2.05. The number of nitrogens with zero attached hydrogens (tertiary/aromatic N) is 1. The van der Waals surface area contributed by atoms with Crippen LogP contribution in [-0.2, 0) is 10.1 Å². The van der Waals surface area contributed by atoms with E-state index < -0.39 is 10.1 Å². The fraction of sp³-hybridized carbons (Fsp3) is 0.222. The summed E-state index contributed by atoms with van der Waals surface area (Å²) in [4.78, 5) is -0.317. The van der Waals surface area contributed by atoms with Crippen LogP contribution in [0.2, 0.25) is 0 Å². The van der Waals surface area contributed by atoms with Crippen molar-refractivity contribution in [2.24, 2.45) is 0 Å². The highest BCUT2D eigenvalue weighted by Gasteiger charge is 2.12. The van der Waals surface area contributed by atoms with Crippen molar-refractivity contribution in [2.75, 3.05) is 6.61 Å². The number of ether oxygens (including phenoxy) is 1. The molecule has 0 saturated heterocycles. The van der Waals surface area contributed by atoms with Crippen LogP contribution in [0.25, 0.3) is 0 Å². The zero-order chi connectivity index (χ0) is 11.5. The van der Waals surface area contributed by atoms with E-state index in [2.05, 4.69) is 0 Å². The molecular formula is C9H9NO4S. The minimum atomic E-state index is -4.27. The molecule has 0 amide bonds. The van der Waals surface area contributed by atoms with Gasteiger partial charge < -0.3 is 4.74 Å². The third-order valence-corrected chi connectivity index (χ3v) is 2.52. The second kappa shape index (κ2) is 4.29. The molecule has 0 bridgehead atoms. The van der Waals surface area contributed by atoms with E-state index in [0.717, 1.165) is 6.07 Å². The van der Waals surface area contributed by atoms with E-state index in [9.17, 15) is 8.42 Å². The standard InChI is InChI=1S/C9H9NO4S/c1-2-14-9-4-3-8(15(11,12)13)5-7(9)6-10/h3-5H,2H2,1H3,(H,11,12,13). The Labute approximate surface area is 87.7 Å². The van der Waals surface area contributed by atoms with Gasteiger partial charge in [-0.25, -0.2) is 0 Å². The monoisotopic (exact) mass is 227 g/mol. The van der Waals surface area contributed by atoms with Gasteiger partial charge in [0, 0.05) is 0 Å². The van der Waals surface area contributed by atoms with Crippen molar-refractivity contribution in [1.29, 1.82) is 5.26 Å². The summed E-state index contributed by atoms with van der Waals surface area (Å²) < 4.78 is 35.4. The molecule has 1 rings (SSSR count). The summed E-state index contributed by atoms with van der Waals surface area (Å²) in [5.74, 6) is 0.299. The first-order valence-electron chi connectivity index (χ1n) is 4.13. The van der Waals surface area contributed by atoms with E-state index in [-0.39, 0.29) is 10.5 Å². The average molecular weight is 227 g/mol. The van der Waals surface area contributed by atoms with Gasteiger partial charge in [0.15, 0.2) is 0 Å². The highest BCUT2D eigenvalue weighted by molar-refractivity contribution is 7.85. The van der Waals surface area contributed by atoms with Crippen molar-refractivity contribution in [1.82, 2.24) is 0 Å². The molecule has 6 heteroatoms. The van der Waals surface area contributed by atoms with Gasteiger partial charge in [0.2, 0.25) is 0 Å². The number of rotatable bonds is 3. The summed E-state index contributed by atoms with van der Waals surface area (Å²) >= 11 is 0. The molecule has 0 heterocycles. The second-order valence-electron chi connectivity index (χ2n) is 2.68. The molecule has 0 aromatic heterocycles. The fourth-order valence-corrected chi connectivity index (χ4v) is 1.55. The number of hydrogen-bond acceptors (Lipinski definition) is 4. The lowest BCUT2D eigenvalue weighted by atomic mass is 10.2. The Morgan fingerprint density at radius 1 is 1.53 bits per heavy atom. The van der Waals surface area contributed by atoms with E-state index in [4.69, 9.17) is 14.6 Å². The van der Waals surface area contributed by atoms with Gasteiger partial charge in [-0.05, 0) is 25.1 Å².